The quantitative estimate of drug-likeness (QED) is 0.792. The number of hydrogen-bond acceptors (Lipinski definition) is 2. The van der Waals surface area contributed by atoms with Crippen LogP contribution in [0.15, 0.2) is 24.3 Å². The number of H-pyrrole nitrogens is 1. The number of carbonyl (C=O) groups excluding carboxylic acids is 1. The lowest BCUT2D eigenvalue weighted by atomic mass is 10.1. The molecule has 1 fully saturated rings. The van der Waals surface area contributed by atoms with Gasteiger partial charge in [0.15, 0.2) is 0 Å². The number of ketones is 1. The molecule has 0 spiro atoms. The predicted octanol–water partition coefficient (Wildman–Crippen LogP) is 0.574. The summed E-state index contributed by atoms with van der Waals surface area (Å²) in [4.78, 5) is 17.1. The Bertz CT molecular complexity index is 597. The lowest BCUT2D eigenvalue weighted by molar-refractivity contribution is -0.899. The maximum Gasteiger partial charge on any atom is 0.219 e. The molecule has 1 aliphatic heterocycles. The van der Waals surface area contributed by atoms with Crippen LogP contribution in [0.5, 0.6) is 0 Å². The van der Waals surface area contributed by atoms with E-state index in [1.54, 1.807) is 0 Å². The third kappa shape index (κ3) is 2.41. The van der Waals surface area contributed by atoms with Crippen LogP contribution >= 0.6 is 0 Å². The summed E-state index contributed by atoms with van der Waals surface area (Å²) < 4.78 is 5.33. The Morgan fingerprint density at radius 2 is 2.05 bits per heavy atom. The normalized spacial score (nSPS) is 16.9. The van der Waals surface area contributed by atoms with Gasteiger partial charge in [0.05, 0.1) is 18.8 Å². The number of para-hydroxylation sites is 1. The van der Waals surface area contributed by atoms with Gasteiger partial charge in [-0.3, -0.25) is 4.79 Å². The van der Waals surface area contributed by atoms with Crippen LogP contribution in [0, 0.1) is 6.92 Å². The molecular weight excluding hydrogens is 240 g/mol. The number of quaternary nitrogens is 1. The van der Waals surface area contributed by atoms with Crippen LogP contribution in [0.25, 0.3) is 10.9 Å². The van der Waals surface area contributed by atoms with Gasteiger partial charge in [-0.15, -0.1) is 0 Å². The molecule has 0 amide bonds. The van der Waals surface area contributed by atoms with E-state index in [1.165, 1.54) is 4.90 Å². The summed E-state index contributed by atoms with van der Waals surface area (Å²) in [7, 11) is 0. The molecule has 2 aromatic rings. The van der Waals surface area contributed by atoms with E-state index in [-0.39, 0.29) is 5.78 Å². The smallest absolute Gasteiger partial charge is 0.219 e. The first-order chi connectivity index (χ1) is 9.25. The van der Waals surface area contributed by atoms with Gasteiger partial charge >= 0.3 is 0 Å². The van der Waals surface area contributed by atoms with Crippen LogP contribution in [-0.4, -0.2) is 43.6 Å². The SMILES string of the molecule is Cc1[nH]c2ccccc2c1C(=O)C[NH+]1CCOCC1. The van der Waals surface area contributed by atoms with E-state index in [9.17, 15) is 4.79 Å². The number of rotatable bonds is 3. The number of morpholine rings is 1. The van der Waals surface area contributed by atoms with Crippen LogP contribution in [0.2, 0.25) is 0 Å². The van der Waals surface area contributed by atoms with Gasteiger partial charge in [0.1, 0.15) is 19.6 Å². The minimum atomic E-state index is 0.229. The molecule has 0 unspecified atom stereocenters. The number of ether oxygens (including phenoxy) is 1. The van der Waals surface area contributed by atoms with Gasteiger partial charge in [0.2, 0.25) is 5.78 Å². The average Bonchev–Trinajstić information content (AvgIpc) is 2.75. The van der Waals surface area contributed by atoms with Gasteiger partial charge in [0, 0.05) is 16.6 Å². The molecule has 1 aromatic carbocycles. The first-order valence-electron chi connectivity index (χ1n) is 6.77. The number of carbonyl (C=O) groups is 1. The highest BCUT2D eigenvalue weighted by molar-refractivity contribution is 6.09. The summed E-state index contributed by atoms with van der Waals surface area (Å²) in [5.74, 6) is 0.229. The van der Waals surface area contributed by atoms with Gasteiger partial charge < -0.3 is 14.6 Å². The summed E-state index contributed by atoms with van der Waals surface area (Å²) in [6, 6.07) is 8.00. The van der Waals surface area contributed by atoms with Crippen molar-refractivity contribution in [1.82, 2.24) is 4.98 Å². The third-order valence-corrected chi connectivity index (χ3v) is 3.78. The fourth-order valence-electron chi connectivity index (χ4n) is 2.79. The molecule has 19 heavy (non-hydrogen) atoms. The molecule has 2 heterocycles. The summed E-state index contributed by atoms with van der Waals surface area (Å²) in [5.41, 5.74) is 2.87. The maximum atomic E-state index is 12.5. The van der Waals surface area contributed by atoms with E-state index in [2.05, 4.69) is 4.98 Å². The largest absolute Gasteiger partial charge is 0.370 e. The number of Topliss-reactive ketones (excluding diaryl/α,β-unsaturated/α-hetero) is 1. The molecule has 4 heteroatoms. The van der Waals surface area contributed by atoms with Gasteiger partial charge in [-0.2, -0.15) is 0 Å². The van der Waals surface area contributed by atoms with Crippen molar-refractivity contribution in [3.8, 4) is 0 Å². The van der Waals surface area contributed by atoms with E-state index < -0.39 is 0 Å². The number of hydrogen-bond donors (Lipinski definition) is 2. The second kappa shape index (κ2) is 5.15. The van der Waals surface area contributed by atoms with Gasteiger partial charge in [-0.1, -0.05) is 18.2 Å². The Labute approximate surface area is 112 Å². The summed E-state index contributed by atoms with van der Waals surface area (Å²) in [6.07, 6.45) is 0. The molecule has 1 aliphatic rings. The molecule has 0 saturated carbocycles. The first kappa shape index (κ1) is 12.4. The second-order valence-electron chi connectivity index (χ2n) is 5.13. The highest BCUT2D eigenvalue weighted by Crippen LogP contribution is 2.21. The Morgan fingerprint density at radius 3 is 2.84 bits per heavy atom. The number of fused-ring (bicyclic) bond motifs is 1. The molecule has 2 N–H and O–H groups in total. The fraction of sp³-hybridized carbons (Fsp3) is 0.400. The van der Waals surface area contributed by atoms with Gasteiger partial charge in [0.25, 0.3) is 0 Å². The minimum absolute atomic E-state index is 0.229. The van der Waals surface area contributed by atoms with Crippen LogP contribution < -0.4 is 4.90 Å². The zero-order chi connectivity index (χ0) is 13.2. The standard InChI is InChI=1S/C15H18N2O2/c1-11-15(12-4-2-3-5-13(12)16-11)14(18)10-17-6-8-19-9-7-17/h2-5,16H,6-10H2,1H3/p+1. The molecule has 1 aromatic heterocycles. The zero-order valence-corrected chi connectivity index (χ0v) is 11.2. The number of nitrogens with one attached hydrogen (secondary N) is 2. The lowest BCUT2D eigenvalue weighted by Gasteiger charge is -2.23. The minimum Gasteiger partial charge on any atom is -0.370 e. The van der Waals surface area contributed by atoms with Crippen molar-refractivity contribution in [3.05, 3.63) is 35.5 Å². The zero-order valence-electron chi connectivity index (χ0n) is 11.2. The molecule has 1 saturated heterocycles. The highest BCUT2D eigenvalue weighted by atomic mass is 16.5. The fourth-order valence-corrected chi connectivity index (χ4v) is 2.79. The van der Waals surface area contributed by atoms with Crippen molar-refractivity contribution in [2.75, 3.05) is 32.8 Å². The van der Waals surface area contributed by atoms with Gasteiger partial charge in [-0.05, 0) is 13.0 Å². The molecule has 3 rings (SSSR count). The first-order valence-corrected chi connectivity index (χ1v) is 6.77. The summed E-state index contributed by atoms with van der Waals surface area (Å²) in [5, 5.41) is 1.04. The Morgan fingerprint density at radius 1 is 1.32 bits per heavy atom. The van der Waals surface area contributed by atoms with E-state index in [0.29, 0.717) is 6.54 Å². The third-order valence-electron chi connectivity index (χ3n) is 3.78. The van der Waals surface area contributed by atoms with E-state index in [0.717, 1.165) is 48.5 Å². The van der Waals surface area contributed by atoms with Crippen molar-refractivity contribution in [1.29, 1.82) is 0 Å². The average molecular weight is 259 g/mol. The van der Waals surface area contributed by atoms with Crippen LogP contribution in [0.3, 0.4) is 0 Å². The monoisotopic (exact) mass is 259 g/mol. The number of aryl methyl sites for hydroxylation is 1. The highest BCUT2D eigenvalue weighted by Gasteiger charge is 2.22. The maximum absolute atomic E-state index is 12.5. The van der Waals surface area contributed by atoms with Crippen molar-refractivity contribution in [3.63, 3.8) is 0 Å². The molecular formula is C15H19N2O2+. The molecule has 0 bridgehead atoms. The molecule has 0 radical (unpaired) electrons. The molecule has 100 valence electrons. The van der Waals surface area contributed by atoms with E-state index in [1.807, 2.05) is 31.2 Å². The van der Waals surface area contributed by atoms with Crippen molar-refractivity contribution in [2.45, 2.75) is 6.92 Å². The summed E-state index contributed by atoms with van der Waals surface area (Å²) >= 11 is 0. The van der Waals surface area contributed by atoms with Crippen LogP contribution in [0.1, 0.15) is 16.1 Å². The second-order valence-corrected chi connectivity index (χ2v) is 5.13. The number of benzene rings is 1. The van der Waals surface area contributed by atoms with Crippen molar-refractivity contribution in [2.24, 2.45) is 0 Å². The van der Waals surface area contributed by atoms with Crippen molar-refractivity contribution >= 4 is 16.7 Å². The Hall–Kier alpha value is -1.65. The van der Waals surface area contributed by atoms with E-state index >= 15 is 0 Å². The number of aromatic amines is 1. The van der Waals surface area contributed by atoms with Crippen molar-refractivity contribution < 1.29 is 14.4 Å². The van der Waals surface area contributed by atoms with Crippen LogP contribution in [-0.2, 0) is 4.74 Å². The van der Waals surface area contributed by atoms with Crippen LogP contribution in [0.4, 0.5) is 0 Å². The van der Waals surface area contributed by atoms with E-state index in [4.69, 9.17) is 4.74 Å². The van der Waals surface area contributed by atoms with Gasteiger partial charge in [-0.25, -0.2) is 0 Å². The Kier molecular flexibility index (Phi) is 3.36. The lowest BCUT2D eigenvalue weighted by Crippen LogP contribution is -3.14. The molecule has 4 nitrogen and oxygen atoms in total. The summed E-state index contributed by atoms with van der Waals surface area (Å²) in [6.45, 7) is 5.90. The topological polar surface area (TPSA) is 46.5 Å². The predicted molar refractivity (Wildman–Crippen MR) is 73.7 cm³/mol. The molecule has 0 atom stereocenters. The molecule has 0 aliphatic carbocycles. The Balaban J connectivity index is 1.86. The number of aromatic nitrogens is 1.